The van der Waals surface area contributed by atoms with Crippen molar-refractivity contribution in [1.29, 1.82) is 0 Å². The molecule has 0 radical (unpaired) electrons. The van der Waals surface area contributed by atoms with E-state index in [1.807, 2.05) is 0 Å². The number of carbonyl (C=O) groups excluding carboxylic acids is 1. The highest BCUT2D eigenvalue weighted by Gasteiger charge is 2.19. The summed E-state index contributed by atoms with van der Waals surface area (Å²) in [7, 11) is 3.53. The second kappa shape index (κ2) is 13.3. The monoisotopic (exact) mass is 507 g/mol. The van der Waals surface area contributed by atoms with Gasteiger partial charge in [-0.3, -0.25) is 4.79 Å². The normalized spacial score (nSPS) is 15.9. The first-order valence-electron chi connectivity index (χ1n) is 9.58. The van der Waals surface area contributed by atoms with Crippen LogP contribution in [0.1, 0.15) is 31.1 Å². The highest BCUT2D eigenvalue weighted by Crippen LogP contribution is 2.11. The van der Waals surface area contributed by atoms with Gasteiger partial charge in [-0.05, 0) is 43.7 Å². The Labute approximate surface area is 184 Å². The highest BCUT2D eigenvalue weighted by molar-refractivity contribution is 14.0. The maximum atomic E-state index is 11.9. The van der Waals surface area contributed by atoms with Gasteiger partial charge in [-0.25, -0.2) is 4.99 Å². The number of thiophene rings is 1. The molecule has 1 aromatic rings. The Balaban J connectivity index is 0.00000364. The van der Waals surface area contributed by atoms with Gasteiger partial charge < -0.3 is 20.4 Å². The number of piperidine rings is 1. The quantitative estimate of drug-likeness (QED) is 0.323. The Morgan fingerprint density at radius 1 is 1.37 bits per heavy atom. The second-order valence-corrected chi connectivity index (χ2v) is 8.00. The molecule has 1 aliphatic rings. The van der Waals surface area contributed by atoms with Gasteiger partial charge >= 0.3 is 0 Å². The van der Waals surface area contributed by atoms with Gasteiger partial charge in [0.25, 0.3) is 0 Å². The maximum Gasteiger partial charge on any atom is 0.243 e. The zero-order valence-electron chi connectivity index (χ0n) is 16.7. The van der Waals surface area contributed by atoms with Crippen molar-refractivity contribution in [3.8, 4) is 0 Å². The fourth-order valence-electron chi connectivity index (χ4n) is 3.01. The number of hydrogen-bond donors (Lipinski definition) is 2. The van der Waals surface area contributed by atoms with Crippen LogP contribution in [0.3, 0.4) is 0 Å². The van der Waals surface area contributed by atoms with Crippen molar-refractivity contribution >= 4 is 47.2 Å². The maximum absolute atomic E-state index is 11.9. The number of nitrogens with one attached hydrogen (secondary N) is 2. The molecule has 154 valence electrons. The smallest absolute Gasteiger partial charge is 0.243 e. The van der Waals surface area contributed by atoms with E-state index in [1.165, 1.54) is 17.8 Å². The largest absolute Gasteiger partial charge is 0.356 e. The molecule has 0 atom stereocenters. The van der Waals surface area contributed by atoms with E-state index < -0.39 is 0 Å². The van der Waals surface area contributed by atoms with Crippen LogP contribution >= 0.6 is 35.3 Å². The standard InChI is InChI=1S/C19H33N5OS.HI/c1-4-11-24-12-8-16(9-13-24)22-19(21-15-18(25)23(2)3)20-10-7-17-6-5-14-26-17;/h5-6,14,16H,4,7-13,15H2,1-3H3,(H2,20,21,22);1H. The number of aliphatic imine (C=N–C) groups is 1. The predicted molar refractivity (Wildman–Crippen MR) is 125 cm³/mol. The van der Waals surface area contributed by atoms with E-state index >= 15 is 0 Å². The summed E-state index contributed by atoms with van der Waals surface area (Å²) in [5.41, 5.74) is 0. The molecule has 1 aliphatic heterocycles. The number of nitrogens with zero attached hydrogens (tertiary/aromatic N) is 3. The van der Waals surface area contributed by atoms with Crippen LogP contribution in [0.5, 0.6) is 0 Å². The molecular formula is C19H34IN5OS. The molecule has 1 saturated heterocycles. The van der Waals surface area contributed by atoms with Gasteiger partial charge in [-0.2, -0.15) is 0 Å². The third-order valence-electron chi connectivity index (χ3n) is 4.58. The molecule has 0 aromatic carbocycles. The third-order valence-corrected chi connectivity index (χ3v) is 5.52. The Kier molecular flexibility index (Phi) is 11.9. The summed E-state index contributed by atoms with van der Waals surface area (Å²) < 4.78 is 0. The molecule has 6 nitrogen and oxygen atoms in total. The summed E-state index contributed by atoms with van der Waals surface area (Å²) in [6.45, 7) is 6.67. The molecule has 1 fully saturated rings. The Morgan fingerprint density at radius 2 is 2.11 bits per heavy atom. The van der Waals surface area contributed by atoms with Gasteiger partial charge in [-0.15, -0.1) is 35.3 Å². The zero-order chi connectivity index (χ0) is 18.8. The number of hydrogen-bond acceptors (Lipinski definition) is 4. The molecule has 1 amide bonds. The van der Waals surface area contributed by atoms with E-state index in [0.29, 0.717) is 6.04 Å². The van der Waals surface area contributed by atoms with Crippen molar-refractivity contribution in [1.82, 2.24) is 20.4 Å². The first-order valence-corrected chi connectivity index (χ1v) is 10.5. The number of carbonyl (C=O) groups is 1. The lowest BCUT2D eigenvalue weighted by Crippen LogP contribution is -2.49. The average molecular weight is 507 g/mol. The van der Waals surface area contributed by atoms with Crippen LogP contribution in [-0.4, -0.2) is 74.5 Å². The summed E-state index contributed by atoms with van der Waals surface area (Å²) in [4.78, 5) is 21.8. The van der Waals surface area contributed by atoms with Crippen LogP contribution in [0.4, 0.5) is 0 Å². The summed E-state index contributed by atoms with van der Waals surface area (Å²) in [5.74, 6) is 0.771. The van der Waals surface area contributed by atoms with Gasteiger partial charge in [0.15, 0.2) is 5.96 Å². The Bertz CT molecular complexity index is 556. The summed E-state index contributed by atoms with van der Waals surface area (Å²) in [6.07, 6.45) is 4.41. The van der Waals surface area contributed by atoms with Crippen LogP contribution in [0.25, 0.3) is 0 Å². The minimum atomic E-state index is 0. The highest BCUT2D eigenvalue weighted by atomic mass is 127. The molecule has 0 unspecified atom stereocenters. The lowest BCUT2D eigenvalue weighted by Gasteiger charge is -2.32. The number of likely N-dealkylation sites (tertiary alicyclic amines) is 1. The Morgan fingerprint density at radius 3 is 2.70 bits per heavy atom. The second-order valence-electron chi connectivity index (χ2n) is 6.97. The van der Waals surface area contributed by atoms with Crippen molar-refractivity contribution in [2.75, 3.05) is 46.8 Å². The van der Waals surface area contributed by atoms with Gasteiger partial charge in [0, 0.05) is 44.6 Å². The lowest BCUT2D eigenvalue weighted by molar-refractivity contribution is -0.127. The van der Waals surface area contributed by atoms with Crippen LogP contribution in [0.2, 0.25) is 0 Å². The first kappa shape index (κ1) is 24.2. The van der Waals surface area contributed by atoms with E-state index in [9.17, 15) is 4.79 Å². The topological polar surface area (TPSA) is 60.0 Å². The molecule has 2 N–H and O–H groups in total. The molecule has 0 saturated carbocycles. The summed E-state index contributed by atoms with van der Waals surface area (Å²) in [6, 6.07) is 4.65. The van der Waals surface area contributed by atoms with E-state index in [0.717, 1.165) is 44.9 Å². The van der Waals surface area contributed by atoms with Crippen molar-refractivity contribution in [3.63, 3.8) is 0 Å². The first-order chi connectivity index (χ1) is 12.6. The van der Waals surface area contributed by atoms with Crippen molar-refractivity contribution in [2.45, 2.75) is 38.6 Å². The molecular weight excluding hydrogens is 473 g/mol. The van der Waals surface area contributed by atoms with E-state index in [1.54, 1.807) is 30.3 Å². The summed E-state index contributed by atoms with van der Waals surface area (Å²) >= 11 is 1.77. The predicted octanol–water partition coefficient (Wildman–Crippen LogP) is 2.41. The number of halogens is 1. The van der Waals surface area contributed by atoms with Crippen LogP contribution < -0.4 is 10.6 Å². The lowest BCUT2D eigenvalue weighted by atomic mass is 10.1. The Hall–Kier alpha value is -0.870. The van der Waals surface area contributed by atoms with Crippen molar-refractivity contribution < 1.29 is 4.79 Å². The van der Waals surface area contributed by atoms with Crippen molar-refractivity contribution in [3.05, 3.63) is 22.4 Å². The SMILES string of the molecule is CCCN1CCC(NC(=NCC(=O)N(C)C)NCCc2cccs2)CC1.I. The molecule has 0 aliphatic carbocycles. The number of likely N-dealkylation sites (N-methyl/N-ethyl adjacent to an activating group) is 1. The molecule has 2 rings (SSSR count). The number of guanidine groups is 1. The van der Waals surface area contributed by atoms with E-state index in [2.05, 4.69) is 45.0 Å². The van der Waals surface area contributed by atoms with Gasteiger partial charge in [0.2, 0.25) is 5.91 Å². The zero-order valence-corrected chi connectivity index (χ0v) is 19.9. The molecule has 2 heterocycles. The molecule has 0 bridgehead atoms. The fourth-order valence-corrected chi connectivity index (χ4v) is 3.72. The van der Waals surface area contributed by atoms with E-state index in [-0.39, 0.29) is 36.4 Å². The van der Waals surface area contributed by atoms with Gasteiger partial charge in [0.05, 0.1) is 0 Å². The average Bonchev–Trinajstić information content (AvgIpc) is 3.14. The van der Waals surface area contributed by atoms with Crippen molar-refractivity contribution in [2.24, 2.45) is 4.99 Å². The third kappa shape index (κ3) is 9.25. The molecule has 8 heteroatoms. The van der Waals surface area contributed by atoms with E-state index in [4.69, 9.17) is 0 Å². The number of amides is 1. The molecule has 27 heavy (non-hydrogen) atoms. The van der Waals surface area contributed by atoms with Crippen LogP contribution in [-0.2, 0) is 11.2 Å². The fraction of sp³-hybridized carbons (Fsp3) is 0.684. The minimum Gasteiger partial charge on any atom is -0.356 e. The van der Waals surface area contributed by atoms with Crippen LogP contribution in [0.15, 0.2) is 22.5 Å². The van der Waals surface area contributed by atoms with Gasteiger partial charge in [-0.1, -0.05) is 13.0 Å². The van der Waals surface area contributed by atoms with Crippen LogP contribution in [0, 0.1) is 0 Å². The minimum absolute atomic E-state index is 0. The van der Waals surface area contributed by atoms with Gasteiger partial charge in [0.1, 0.15) is 6.54 Å². The number of rotatable bonds is 8. The molecule has 0 spiro atoms. The molecule has 1 aromatic heterocycles. The summed E-state index contributed by atoms with van der Waals surface area (Å²) in [5, 5.41) is 9.03.